The topological polar surface area (TPSA) is 30.7 Å². The molecule has 0 fully saturated rings. The summed E-state index contributed by atoms with van der Waals surface area (Å²) in [6, 6.07) is 53.5. The lowest BCUT2D eigenvalue weighted by Gasteiger charge is -2.12. The Kier molecular flexibility index (Phi) is 5.68. The first-order valence-corrected chi connectivity index (χ1v) is 15.6. The summed E-state index contributed by atoms with van der Waals surface area (Å²) in [5, 5.41) is 5.16. The smallest absolute Gasteiger partial charge is 0.160 e. The van der Waals surface area contributed by atoms with Crippen LogP contribution in [-0.4, -0.2) is 14.5 Å². The number of hydrogen-bond acceptors (Lipinski definition) is 3. The summed E-state index contributed by atoms with van der Waals surface area (Å²) in [7, 11) is 0. The van der Waals surface area contributed by atoms with Gasteiger partial charge < -0.3 is 4.57 Å². The van der Waals surface area contributed by atoms with Crippen molar-refractivity contribution in [1.29, 1.82) is 0 Å². The van der Waals surface area contributed by atoms with E-state index in [1.165, 1.54) is 42.0 Å². The molecule has 3 heterocycles. The zero-order valence-corrected chi connectivity index (χ0v) is 24.5. The average molecular weight is 580 g/mol. The van der Waals surface area contributed by atoms with E-state index in [9.17, 15) is 0 Å². The number of thiophene rings is 1. The first kappa shape index (κ1) is 25.0. The lowest BCUT2D eigenvalue weighted by molar-refractivity contribution is 1.17. The molecule has 6 aromatic carbocycles. The summed E-state index contributed by atoms with van der Waals surface area (Å²) in [4.78, 5) is 10.0. The van der Waals surface area contributed by atoms with Gasteiger partial charge in [0.15, 0.2) is 5.82 Å². The van der Waals surface area contributed by atoms with Gasteiger partial charge in [0.2, 0.25) is 0 Å². The van der Waals surface area contributed by atoms with E-state index in [0.717, 1.165) is 39.6 Å². The largest absolute Gasteiger partial charge is 0.309 e. The highest BCUT2D eigenvalue weighted by Crippen LogP contribution is 2.43. The molecule has 0 atom stereocenters. The van der Waals surface area contributed by atoms with Gasteiger partial charge in [-0.3, -0.25) is 0 Å². The fourth-order valence-corrected chi connectivity index (χ4v) is 7.49. The molecule has 0 aliphatic heterocycles. The summed E-state index contributed by atoms with van der Waals surface area (Å²) in [6.45, 7) is 0. The molecule has 0 unspecified atom stereocenters. The van der Waals surface area contributed by atoms with Gasteiger partial charge in [0, 0.05) is 53.3 Å². The number of rotatable bonds is 4. The monoisotopic (exact) mass is 579 g/mol. The Hall–Kier alpha value is -5.58. The van der Waals surface area contributed by atoms with Crippen molar-refractivity contribution >= 4 is 53.3 Å². The van der Waals surface area contributed by atoms with E-state index in [-0.39, 0.29) is 0 Å². The van der Waals surface area contributed by atoms with Crippen molar-refractivity contribution in [2.24, 2.45) is 0 Å². The molecule has 9 aromatic rings. The Morgan fingerprint density at radius 2 is 1.07 bits per heavy atom. The maximum Gasteiger partial charge on any atom is 0.160 e. The normalized spacial score (nSPS) is 11.6. The van der Waals surface area contributed by atoms with Gasteiger partial charge >= 0.3 is 0 Å². The van der Waals surface area contributed by atoms with E-state index >= 15 is 0 Å². The Labute approximate surface area is 258 Å². The number of benzene rings is 6. The zero-order chi connectivity index (χ0) is 29.0. The first-order chi connectivity index (χ1) is 21.8. The van der Waals surface area contributed by atoms with Gasteiger partial charge in [0.05, 0.1) is 22.4 Å². The van der Waals surface area contributed by atoms with Gasteiger partial charge in [-0.15, -0.1) is 11.3 Å². The summed E-state index contributed by atoms with van der Waals surface area (Å²) in [5.74, 6) is 0.722. The van der Waals surface area contributed by atoms with Gasteiger partial charge in [-0.05, 0) is 36.4 Å². The summed E-state index contributed by atoms with van der Waals surface area (Å²) < 4.78 is 5.05. The van der Waals surface area contributed by atoms with Gasteiger partial charge in [-0.1, -0.05) is 115 Å². The van der Waals surface area contributed by atoms with E-state index in [2.05, 4.69) is 120 Å². The molecule has 0 aliphatic rings. The minimum atomic E-state index is 0.722. The van der Waals surface area contributed by atoms with Crippen LogP contribution < -0.4 is 0 Å². The van der Waals surface area contributed by atoms with E-state index < -0.39 is 0 Å². The second-order valence-corrected chi connectivity index (χ2v) is 12.1. The molecule has 3 aromatic heterocycles. The lowest BCUT2D eigenvalue weighted by atomic mass is 10.1. The van der Waals surface area contributed by atoms with Crippen LogP contribution >= 0.6 is 11.3 Å². The standard InChI is InChI=1S/C40H25N3S/c1-3-11-26(12-4-1)33-25-34(42-40(41-33)28-13-5-2-6-14-28)27-19-21-29(22-20-27)43-35-17-9-7-15-30(35)31-23-24-37-38(39(31)43)32-16-8-10-18-36(32)44-37/h1-25H. The number of aromatic nitrogens is 3. The first-order valence-electron chi connectivity index (χ1n) is 14.8. The third kappa shape index (κ3) is 3.96. The van der Waals surface area contributed by atoms with Crippen molar-refractivity contribution in [3.63, 3.8) is 0 Å². The molecular formula is C40H25N3S. The van der Waals surface area contributed by atoms with Gasteiger partial charge in [0.25, 0.3) is 0 Å². The van der Waals surface area contributed by atoms with Crippen molar-refractivity contribution < 1.29 is 0 Å². The van der Waals surface area contributed by atoms with Crippen LogP contribution in [0.1, 0.15) is 0 Å². The highest BCUT2D eigenvalue weighted by Gasteiger charge is 2.18. The highest BCUT2D eigenvalue weighted by atomic mass is 32.1. The molecule has 0 amide bonds. The molecule has 3 nitrogen and oxygen atoms in total. The zero-order valence-electron chi connectivity index (χ0n) is 23.7. The molecule has 0 bridgehead atoms. The molecule has 0 saturated heterocycles. The summed E-state index contributed by atoms with van der Waals surface area (Å²) in [5.41, 5.74) is 8.53. The molecule has 9 rings (SSSR count). The lowest BCUT2D eigenvalue weighted by Crippen LogP contribution is -1.97. The van der Waals surface area contributed by atoms with Gasteiger partial charge in [-0.2, -0.15) is 0 Å². The molecule has 0 aliphatic carbocycles. The summed E-state index contributed by atoms with van der Waals surface area (Å²) >= 11 is 1.86. The van der Waals surface area contributed by atoms with Crippen LogP contribution in [0, 0.1) is 0 Å². The summed E-state index contributed by atoms with van der Waals surface area (Å²) in [6.07, 6.45) is 0. The fraction of sp³-hybridized carbons (Fsp3) is 0. The number of para-hydroxylation sites is 1. The quantitative estimate of drug-likeness (QED) is 0.208. The molecule has 0 saturated carbocycles. The third-order valence-electron chi connectivity index (χ3n) is 8.42. The van der Waals surface area contributed by atoms with Crippen LogP contribution in [0.2, 0.25) is 0 Å². The highest BCUT2D eigenvalue weighted by molar-refractivity contribution is 7.26. The van der Waals surface area contributed by atoms with Gasteiger partial charge in [-0.25, -0.2) is 9.97 Å². The van der Waals surface area contributed by atoms with Crippen molar-refractivity contribution in [2.45, 2.75) is 0 Å². The van der Waals surface area contributed by atoms with E-state index in [1.807, 2.05) is 47.7 Å². The molecule has 0 radical (unpaired) electrons. The maximum atomic E-state index is 5.04. The van der Waals surface area contributed by atoms with E-state index in [4.69, 9.17) is 9.97 Å². The molecule has 4 heteroatoms. The fourth-order valence-electron chi connectivity index (χ4n) is 6.38. The Morgan fingerprint density at radius 1 is 0.455 bits per heavy atom. The predicted octanol–water partition coefficient (Wildman–Crippen LogP) is 10.9. The van der Waals surface area contributed by atoms with Crippen molar-refractivity contribution in [2.75, 3.05) is 0 Å². The Balaban J connectivity index is 1.25. The number of nitrogens with zero attached hydrogens (tertiary/aromatic N) is 3. The van der Waals surface area contributed by atoms with Crippen molar-refractivity contribution in [3.05, 3.63) is 152 Å². The molecule has 206 valence electrons. The maximum absolute atomic E-state index is 5.04. The minimum absolute atomic E-state index is 0.722. The second kappa shape index (κ2) is 10.0. The van der Waals surface area contributed by atoms with E-state index in [0.29, 0.717) is 0 Å². The Bertz CT molecular complexity index is 2420. The van der Waals surface area contributed by atoms with Crippen LogP contribution in [0.4, 0.5) is 0 Å². The SMILES string of the molecule is c1ccc(-c2cc(-c3ccc(-n4c5ccccc5c5ccc6sc7ccccc7c6c54)cc3)nc(-c3ccccc3)n2)cc1. The second-order valence-electron chi connectivity index (χ2n) is 11.0. The van der Waals surface area contributed by atoms with Crippen molar-refractivity contribution in [3.8, 4) is 39.6 Å². The van der Waals surface area contributed by atoms with Gasteiger partial charge in [0.1, 0.15) is 0 Å². The van der Waals surface area contributed by atoms with Crippen LogP contribution in [0.5, 0.6) is 0 Å². The van der Waals surface area contributed by atoms with E-state index in [1.54, 1.807) is 0 Å². The third-order valence-corrected chi connectivity index (χ3v) is 9.56. The molecule has 0 spiro atoms. The van der Waals surface area contributed by atoms with Crippen LogP contribution in [-0.2, 0) is 0 Å². The van der Waals surface area contributed by atoms with Crippen LogP contribution in [0.25, 0.3) is 81.6 Å². The Morgan fingerprint density at radius 3 is 1.82 bits per heavy atom. The number of fused-ring (bicyclic) bond motifs is 7. The van der Waals surface area contributed by atoms with Crippen LogP contribution in [0.15, 0.2) is 152 Å². The molecule has 44 heavy (non-hydrogen) atoms. The predicted molar refractivity (Wildman–Crippen MR) is 186 cm³/mol. The van der Waals surface area contributed by atoms with Crippen LogP contribution in [0.3, 0.4) is 0 Å². The molecular weight excluding hydrogens is 555 g/mol. The molecule has 0 N–H and O–H groups in total. The minimum Gasteiger partial charge on any atom is -0.309 e. The van der Waals surface area contributed by atoms with Crippen molar-refractivity contribution in [1.82, 2.24) is 14.5 Å². The average Bonchev–Trinajstić information content (AvgIpc) is 3.65. The number of hydrogen-bond donors (Lipinski definition) is 0.